The highest BCUT2D eigenvalue weighted by Gasteiger charge is 2.32. The zero-order valence-electron chi connectivity index (χ0n) is 35.4. The van der Waals surface area contributed by atoms with Gasteiger partial charge in [0.25, 0.3) is 0 Å². The molecule has 0 aliphatic rings. The number of carbonyl (C=O) groups is 4. The number of ether oxygens (including phenoxy) is 3. The van der Waals surface area contributed by atoms with Crippen molar-refractivity contribution in [3.8, 4) is 12.3 Å². The van der Waals surface area contributed by atoms with E-state index in [-0.39, 0.29) is 36.5 Å². The van der Waals surface area contributed by atoms with Gasteiger partial charge in [0.2, 0.25) is 18.2 Å². The number of terminal acetylenes is 1. The average Bonchev–Trinajstić information content (AvgIpc) is 3.09. The summed E-state index contributed by atoms with van der Waals surface area (Å²) < 4.78 is 18.8. The van der Waals surface area contributed by atoms with Gasteiger partial charge in [-0.2, -0.15) is 0 Å². The monoisotopic (exact) mass is 767 g/mol. The average molecular weight is 767 g/mol. The Hall–Kier alpha value is -3.30. The molecular weight excluding hydrogens is 684 g/mol. The van der Waals surface area contributed by atoms with Crippen molar-refractivity contribution < 1.29 is 33.4 Å². The Morgan fingerprint density at radius 2 is 1.11 bits per heavy atom. The van der Waals surface area contributed by atoms with Gasteiger partial charge in [-0.25, -0.2) is 0 Å². The summed E-state index contributed by atoms with van der Waals surface area (Å²) in [6.07, 6.45) is 10.0. The summed E-state index contributed by atoms with van der Waals surface area (Å²) in [5, 5.41) is 11.7. The van der Waals surface area contributed by atoms with Crippen molar-refractivity contribution in [2.75, 3.05) is 72.9 Å². The van der Waals surface area contributed by atoms with Gasteiger partial charge in [-0.15, -0.1) is 12.3 Å². The van der Waals surface area contributed by atoms with E-state index in [2.05, 4.69) is 81.0 Å². The molecule has 0 aromatic heterocycles. The molecule has 0 heterocycles. The summed E-state index contributed by atoms with van der Waals surface area (Å²) in [4.78, 5) is 43.9. The van der Waals surface area contributed by atoms with Gasteiger partial charge in [-0.1, -0.05) is 81.5 Å². The van der Waals surface area contributed by atoms with Gasteiger partial charge in [0.05, 0.1) is 39.6 Å². The van der Waals surface area contributed by atoms with Crippen LogP contribution in [-0.2, 0) is 33.4 Å². The lowest BCUT2D eigenvalue weighted by Gasteiger charge is -2.35. The minimum Gasteiger partial charge on any atom is -0.380 e. The molecule has 0 bridgehead atoms. The molecular formula is C43H82N4O7. The van der Waals surface area contributed by atoms with Crippen LogP contribution in [0, 0.1) is 41.4 Å². The first kappa shape index (κ1) is 60.0. The van der Waals surface area contributed by atoms with Gasteiger partial charge < -0.3 is 35.5 Å². The largest absolute Gasteiger partial charge is 0.380 e. The molecule has 0 aromatic rings. The summed E-state index contributed by atoms with van der Waals surface area (Å²) in [6, 6.07) is 0. The van der Waals surface area contributed by atoms with E-state index in [1.807, 2.05) is 20.9 Å². The van der Waals surface area contributed by atoms with Gasteiger partial charge >= 0.3 is 0 Å². The van der Waals surface area contributed by atoms with Gasteiger partial charge in [0, 0.05) is 36.2 Å². The number of aldehydes is 1. The van der Waals surface area contributed by atoms with E-state index < -0.39 is 0 Å². The quantitative estimate of drug-likeness (QED) is 0.0400. The second kappa shape index (κ2) is 40.9. The van der Waals surface area contributed by atoms with Gasteiger partial charge in [-0.05, 0) is 83.4 Å². The van der Waals surface area contributed by atoms with E-state index in [0.29, 0.717) is 87.8 Å². The molecule has 4 unspecified atom stereocenters. The van der Waals surface area contributed by atoms with Gasteiger partial charge in [-0.3, -0.25) is 19.2 Å². The van der Waals surface area contributed by atoms with Crippen molar-refractivity contribution in [3.05, 3.63) is 36.5 Å². The Bertz CT molecular complexity index is 999. The summed E-state index contributed by atoms with van der Waals surface area (Å²) >= 11 is 0. The maximum Gasteiger partial charge on any atom is 0.246 e. The summed E-state index contributed by atoms with van der Waals surface area (Å²) in [5.74, 6) is 2.89. The molecule has 11 nitrogen and oxygen atoms in total. The van der Waals surface area contributed by atoms with E-state index in [9.17, 15) is 19.2 Å². The molecule has 0 fully saturated rings. The third-order valence-corrected chi connectivity index (χ3v) is 7.14. The van der Waals surface area contributed by atoms with Crippen molar-refractivity contribution >= 4 is 24.5 Å². The highest BCUT2D eigenvalue weighted by Crippen LogP contribution is 2.29. The molecule has 0 rings (SSSR count). The van der Waals surface area contributed by atoms with E-state index in [1.54, 1.807) is 27.7 Å². The van der Waals surface area contributed by atoms with Crippen LogP contribution in [0.15, 0.2) is 36.5 Å². The van der Waals surface area contributed by atoms with Crippen molar-refractivity contribution in [1.29, 1.82) is 0 Å². The normalized spacial score (nSPS) is 13.1. The van der Waals surface area contributed by atoms with Crippen molar-refractivity contribution in [1.82, 2.24) is 21.3 Å². The summed E-state index contributed by atoms with van der Waals surface area (Å²) in [7, 11) is 1.93. The van der Waals surface area contributed by atoms with Crippen LogP contribution >= 0.6 is 0 Å². The van der Waals surface area contributed by atoms with E-state index in [1.165, 1.54) is 6.42 Å². The number of rotatable bonds is 28. The number of nitrogens with one attached hydrogen (secondary N) is 4. The molecule has 3 amide bonds. The number of carbonyl (C=O) groups excluding carboxylic acids is 4. The minimum atomic E-state index is -0.376. The third kappa shape index (κ3) is 41.5. The predicted molar refractivity (Wildman–Crippen MR) is 227 cm³/mol. The van der Waals surface area contributed by atoms with Crippen LogP contribution < -0.4 is 21.3 Å². The number of amides is 3. The first-order valence-corrected chi connectivity index (χ1v) is 18.9. The van der Waals surface area contributed by atoms with Crippen LogP contribution in [0.2, 0.25) is 0 Å². The molecule has 0 saturated carbocycles. The lowest BCUT2D eigenvalue weighted by molar-refractivity contribution is -0.118. The van der Waals surface area contributed by atoms with Gasteiger partial charge in [0.1, 0.15) is 6.29 Å². The standard InChI is InChI=1S/C32H60N4O6.C4H6O.C3H8.C3H4.CH4/c1-24(2)30(38)35-15-28(7)18-41-21-32(20-40-17-27(6)13-33-9,12-10-11-26(5)14-34-23-37)22-42-19-29(8)16-36-31(39)25(3)4;1-4(2)3-5;2*1-3-2;/h23,26-29,33H,1,3,10-22H2,2,4-9H3,(H,34,37)(H,35,38)(H,36,39);3H,1H2,2H3;3H2,1-2H3;1H,2H3;1H4. The van der Waals surface area contributed by atoms with Crippen LogP contribution in [0.25, 0.3) is 0 Å². The molecule has 0 aromatic carbocycles. The Morgan fingerprint density at radius 1 is 0.759 bits per heavy atom. The summed E-state index contributed by atoms with van der Waals surface area (Å²) in [5.41, 5.74) is 1.16. The highest BCUT2D eigenvalue weighted by atomic mass is 16.5. The van der Waals surface area contributed by atoms with E-state index in [4.69, 9.17) is 14.2 Å². The fourth-order valence-corrected chi connectivity index (χ4v) is 4.31. The molecule has 54 heavy (non-hydrogen) atoms. The minimum absolute atomic E-state index is 0. The maximum absolute atomic E-state index is 11.9. The molecule has 0 saturated heterocycles. The second-order valence-electron chi connectivity index (χ2n) is 14.4. The molecule has 0 spiro atoms. The first-order chi connectivity index (χ1) is 24.9. The first-order valence-electron chi connectivity index (χ1n) is 18.9. The number of allylic oxidation sites excluding steroid dienone is 1. The molecule has 4 atom stereocenters. The molecule has 11 heteroatoms. The maximum atomic E-state index is 11.9. The lowest BCUT2D eigenvalue weighted by Crippen LogP contribution is -2.40. The van der Waals surface area contributed by atoms with Crippen molar-refractivity contribution in [3.63, 3.8) is 0 Å². The lowest BCUT2D eigenvalue weighted by atomic mass is 9.83. The zero-order valence-corrected chi connectivity index (χ0v) is 35.4. The topological polar surface area (TPSA) is 144 Å². The Labute approximate surface area is 331 Å². The zero-order chi connectivity index (χ0) is 41.7. The Kier molecular flexibility index (Phi) is 45.4. The fourth-order valence-electron chi connectivity index (χ4n) is 4.31. The second-order valence-corrected chi connectivity index (χ2v) is 14.4. The van der Waals surface area contributed by atoms with E-state index in [0.717, 1.165) is 38.5 Å². The fraction of sp³-hybridized carbons (Fsp3) is 0.721. The van der Waals surface area contributed by atoms with Crippen molar-refractivity contribution in [2.24, 2.45) is 29.1 Å². The Morgan fingerprint density at radius 3 is 1.41 bits per heavy atom. The van der Waals surface area contributed by atoms with E-state index >= 15 is 0 Å². The van der Waals surface area contributed by atoms with Crippen LogP contribution in [0.3, 0.4) is 0 Å². The Balaban J connectivity index is -0.000000584. The molecule has 4 N–H and O–H groups in total. The van der Waals surface area contributed by atoms with Gasteiger partial charge in [0.15, 0.2) is 0 Å². The molecule has 0 aliphatic carbocycles. The molecule has 0 radical (unpaired) electrons. The molecule has 316 valence electrons. The van der Waals surface area contributed by atoms with Crippen LogP contribution in [0.1, 0.15) is 102 Å². The van der Waals surface area contributed by atoms with Crippen LogP contribution in [0.4, 0.5) is 0 Å². The third-order valence-electron chi connectivity index (χ3n) is 7.14. The summed E-state index contributed by atoms with van der Waals surface area (Å²) in [6.45, 7) is 35.5. The smallest absolute Gasteiger partial charge is 0.246 e. The molecule has 0 aliphatic heterocycles. The van der Waals surface area contributed by atoms with Crippen molar-refractivity contribution in [2.45, 2.75) is 102 Å². The van der Waals surface area contributed by atoms with Crippen LogP contribution in [-0.4, -0.2) is 97.4 Å². The predicted octanol–water partition coefficient (Wildman–Crippen LogP) is 6.54. The number of hydrogen-bond donors (Lipinski definition) is 4. The number of hydrogen-bond acceptors (Lipinski definition) is 8. The van der Waals surface area contributed by atoms with Crippen LogP contribution in [0.5, 0.6) is 0 Å². The highest BCUT2D eigenvalue weighted by molar-refractivity contribution is 5.92. The SMILES string of the molecule is C.C#CC.C=C(C)C(=O)NCC(C)COCC(CCCC(C)CNC=O)(COCC(C)CNC)COCC(C)CNC(=O)C(=C)C.C=C(C)C=O.CCC.